The summed E-state index contributed by atoms with van der Waals surface area (Å²) in [5.74, 6) is 0.908. The molecule has 0 fully saturated rings. The van der Waals surface area contributed by atoms with Gasteiger partial charge in [-0.05, 0) is 31.0 Å². The Morgan fingerprint density at radius 2 is 1.84 bits per heavy atom. The van der Waals surface area contributed by atoms with Crippen LogP contribution in [0.15, 0.2) is 24.3 Å². The third kappa shape index (κ3) is 9.08. The normalized spacial score (nSPS) is 11.1. The van der Waals surface area contributed by atoms with Crippen LogP contribution < -0.4 is 21.5 Å². The van der Waals surface area contributed by atoms with Gasteiger partial charge in [0.05, 0.1) is 6.61 Å². The van der Waals surface area contributed by atoms with Gasteiger partial charge < -0.3 is 21.5 Å². The number of ether oxygens (including phenoxy) is 1. The van der Waals surface area contributed by atoms with Crippen LogP contribution >= 0.6 is 24.8 Å². The van der Waals surface area contributed by atoms with Crippen LogP contribution in [0.4, 0.5) is 0 Å². The predicted molar refractivity (Wildman–Crippen MR) is 85.7 cm³/mol. The Labute approximate surface area is 128 Å². The molecule has 1 unspecified atom stereocenters. The first-order valence-electron chi connectivity index (χ1n) is 6.14. The van der Waals surface area contributed by atoms with E-state index in [1.54, 1.807) is 0 Å². The molecule has 112 valence electrons. The van der Waals surface area contributed by atoms with E-state index in [4.69, 9.17) is 16.2 Å². The monoisotopic (exact) mass is 309 g/mol. The van der Waals surface area contributed by atoms with Crippen molar-refractivity contribution in [3.63, 3.8) is 0 Å². The standard InChI is InChI=1S/C13H23N3O.2ClH/c1-2-17-13-5-3-11(4-6-13)9-12(15)10-16-8-7-14;;/h3-6,12,16H,2,7-10,14-15H2,1H3;2*1H. The van der Waals surface area contributed by atoms with Gasteiger partial charge in [-0.25, -0.2) is 0 Å². The highest BCUT2D eigenvalue weighted by Gasteiger charge is 2.03. The van der Waals surface area contributed by atoms with Crippen molar-refractivity contribution in [2.45, 2.75) is 19.4 Å². The highest BCUT2D eigenvalue weighted by Crippen LogP contribution is 2.12. The molecule has 1 atom stereocenters. The summed E-state index contributed by atoms with van der Waals surface area (Å²) in [6.45, 7) is 4.94. The molecule has 1 rings (SSSR count). The lowest BCUT2D eigenvalue weighted by Gasteiger charge is -2.12. The molecule has 0 heterocycles. The van der Waals surface area contributed by atoms with E-state index in [9.17, 15) is 0 Å². The fourth-order valence-corrected chi connectivity index (χ4v) is 1.65. The van der Waals surface area contributed by atoms with Gasteiger partial charge in [-0.3, -0.25) is 0 Å². The van der Waals surface area contributed by atoms with Crippen LogP contribution in [0, 0.1) is 0 Å². The lowest BCUT2D eigenvalue weighted by atomic mass is 10.1. The molecule has 0 aliphatic carbocycles. The van der Waals surface area contributed by atoms with Gasteiger partial charge in [0.15, 0.2) is 0 Å². The fraction of sp³-hybridized carbons (Fsp3) is 0.538. The van der Waals surface area contributed by atoms with Crippen molar-refractivity contribution in [3.05, 3.63) is 29.8 Å². The molecule has 0 saturated heterocycles. The Morgan fingerprint density at radius 1 is 1.21 bits per heavy atom. The van der Waals surface area contributed by atoms with E-state index in [0.29, 0.717) is 13.2 Å². The molecule has 0 spiro atoms. The van der Waals surface area contributed by atoms with Crippen LogP contribution in [0.1, 0.15) is 12.5 Å². The topological polar surface area (TPSA) is 73.3 Å². The summed E-state index contributed by atoms with van der Waals surface area (Å²) in [5.41, 5.74) is 12.6. The van der Waals surface area contributed by atoms with E-state index in [1.807, 2.05) is 19.1 Å². The summed E-state index contributed by atoms with van der Waals surface area (Å²) < 4.78 is 5.39. The Bertz CT molecular complexity index is 309. The fourth-order valence-electron chi connectivity index (χ4n) is 1.65. The van der Waals surface area contributed by atoms with E-state index in [1.165, 1.54) is 5.56 Å². The zero-order chi connectivity index (χ0) is 12.5. The van der Waals surface area contributed by atoms with Gasteiger partial charge in [-0.1, -0.05) is 12.1 Å². The quantitative estimate of drug-likeness (QED) is 0.634. The summed E-state index contributed by atoms with van der Waals surface area (Å²) in [6, 6.07) is 8.22. The van der Waals surface area contributed by atoms with Gasteiger partial charge in [-0.15, -0.1) is 24.8 Å². The van der Waals surface area contributed by atoms with Crippen molar-refractivity contribution < 1.29 is 4.74 Å². The molecule has 4 nitrogen and oxygen atoms in total. The van der Waals surface area contributed by atoms with Crippen molar-refractivity contribution in [1.82, 2.24) is 5.32 Å². The van der Waals surface area contributed by atoms with Crippen LogP contribution in [-0.2, 0) is 6.42 Å². The van der Waals surface area contributed by atoms with Gasteiger partial charge in [-0.2, -0.15) is 0 Å². The van der Waals surface area contributed by atoms with E-state index >= 15 is 0 Å². The molecule has 1 aromatic rings. The van der Waals surface area contributed by atoms with Crippen LogP contribution in [0.2, 0.25) is 0 Å². The summed E-state index contributed by atoms with van der Waals surface area (Å²) >= 11 is 0. The van der Waals surface area contributed by atoms with E-state index in [-0.39, 0.29) is 30.9 Å². The van der Waals surface area contributed by atoms with Gasteiger partial charge in [0.2, 0.25) is 0 Å². The molecule has 0 radical (unpaired) electrons. The second-order valence-corrected chi connectivity index (χ2v) is 4.03. The average molecular weight is 310 g/mol. The van der Waals surface area contributed by atoms with Crippen LogP contribution in [-0.4, -0.2) is 32.3 Å². The van der Waals surface area contributed by atoms with Gasteiger partial charge >= 0.3 is 0 Å². The Morgan fingerprint density at radius 3 is 2.37 bits per heavy atom. The third-order valence-corrected chi connectivity index (χ3v) is 2.46. The van der Waals surface area contributed by atoms with Crippen molar-refractivity contribution in [1.29, 1.82) is 0 Å². The molecule has 19 heavy (non-hydrogen) atoms. The maximum absolute atomic E-state index is 6.01. The van der Waals surface area contributed by atoms with Crippen LogP contribution in [0.3, 0.4) is 0 Å². The lowest BCUT2D eigenvalue weighted by Crippen LogP contribution is -2.37. The van der Waals surface area contributed by atoms with Crippen molar-refractivity contribution in [2.75, 3.05) is 26.2 Å². The number of benzene rings is 1. The number of halogens is 2. The molecule has 0 bridgehead atoms. The first-order chi connectivity index (χ1) is 8.26. The minimum atomic E-state index is 0. The second-order valence-electron chi connectivity index (χ2n) is 4.03. The van der Waals surface area contributed by atoms with E-state index in [0.717, 1.165) is 25.3 Å². The highest BCUT2D eigenvalue weighted by atomic mass is 35.5. The Kier molecular flexibility index (Phi) is 13.7. The minimum Gasteiger partial charge on any atom is -0.494 e. The molecule has 0 aromatic heterocycles. The predicted octanol–water partition coefficient (Wildman–Crippen LogP) is 1.35. The molecular weight excluding hydrogens is 285 g/mol. The molecule has 0 amide bonds. The first-order valence-corrected chi connectivity index (χ1v) is 6.14. The summed E-state index contributed by atoms with van der Waals surface area (Å²) in [5, 5.41) is 3.21. The highest BCUT2D eigenvalue weighted by molar-refractivity contribution is 5.85. The molecule has 6 heteroatoms. The molecule has 0 aliphatic heterocycles. The summed E-state index contributed by atoms with van der Waals surface area (Å²) in [6.07, 6.45) is 0.865. The van der Waals surface area contributed by atoms with Crippen LogP contribution in [0.25, 0.3) is 0 Å². The summed E-state index contributed by atoms with van der Waals surface area (Å²) in [4.78, 5) is 0. The lowest BCUT2D eigenvalue weighted by molar-refractivity contribution is 0.340. The van der Waals surface area contributed by atoms with Crippen LogP contribution in [0.5, 0.6) is 5.75 Å². The zero-order valence-electron chi connectivity index (χ0n) is 11.3. The zero-order valence-corrected chi connectivity index (χ0v) is 12.9. The number of hydrogen-bond acceptors (Lipinski definition) is 4. The van der Waals surface area contributed by atoms with E-state index < -0.39 is 0 Å². The molecule has 0 saturated carbocycles. The number of nitrogens with one attached hydrogen (secondary N) is 1. The number of nitrogens with two attached hydrogens (primary N) is 2. The average Bonchev–Trinajstić information content (AvgIpc) is 2.32. The molecular formula is C13H25Cl2N3O. The molecule has 5 N–H and O–H groups in total. The van der Waals surface area contributed by atoms with Gasteiger partial charge in [0, 0.05) is 25.7 Å². The SMILES string of the molecule is CCOc1ccc(CC(N)CNCCN)cc1.Cl.Cl. The van der Waals surface area contributed by atoms with E-state index in [2.05, 4.69) is 17.4 Å². The minimum absolute atomic E-state index is 0. The maximum atomic E-state index is 6.01. The number of hydrogen-bond donors (Lipinski definition) is 3. The maximum Gasteiger partial charge on any atom is 0.119 e. The van der Waals surface area contributed by atoms with Crippen molar-refractivity contribution >= 4 is 24.8 Å². The Balaban J connectivity index is 0. The van der Waals surface area contributed by atoms with Crippen molar-refractivity contribution in [3.8, 4) is 5.75 Å². The second kappa shape index (κ2) is 12.5. The first kappa shape index (κ1) is 20.8. The summed E-state index contributed by atoms with van der Waals surface area (Å²) in [7, 11) is 0. The third-order valence-electron chi connectivity index (χ3n) is 2.46. The van der Waals surface area contributed by atoms with Gasteiger partial charge in [0.1, 0.15) is 5.75 Å². The number of rotatable bonds is 8. The van der Waals surface area contributed by atoms with Gasteiger partial charge in [0.25, 0.3) is 0 Å². The Hall–Kier alpha value is -0.520. The largest absolute Gasteiger partial charge is 0.494 e. The van der Waals surface area contributed by atoms with Crippen molar-refractivity contribution in [2.24, 2.45) is 11.5 Å². The smallest absolute Gasteiger partial charge is 0.119 e. The molecule has 1 aromatic carbocycles. The molecule has 0 aliphatic rings.